The van der Waals surface area contributed by atoms with E-state index in [1.807, 2.05) is 31.2 Å². The monoisotopic (exact) mass is 497 g/mol. The van der Waals surface area contributed by atoms with Gasteiger partial charge < -0.3 is 15.2 Å². The van der Waals surface area contributed by atoms with Crippen molar-refractivity contribution in [2.75, 3.05) is 6.61 Å². The normalized spacial score (nSPS) is 18.0. The van der Waals surface area contributed by atoms with E-state index in [1.165, 1.54) is 0 Å². The molecule has 1 aliphatic heterocycles. The standard InChI is InChI=1S/C27H28ClNO4S/c1-4-32-27(31)25-23(24-21(30)6-5-7-22(24)33-26(25)29)20-13-17(15(2)12-16(20)3)14-34-19-10-8-18(28)9-11-19/h8-13,23H,4-7,14,29H2,1-3H3/t23-/m1/s1. The summed E-state index contributed by atoms with van der Waals surface area (Å²) in [5, 5.41) is 0.703. The van der Waals surface area contributed by atoms with Crippen LogP contribution in [0.5, 0.6) is 0 Å². The number of halogens is 1. The molecule has 4 rings (SSSR count). The van der Waals surface area contributed by atoms with E-state index < -0.39 is 11.9 Å². The molecule has 5 nitrogen and oxygen atoms in total. The lowest BCUT2D eigenvalue weighted by atomic mass is 9.75. The Morgan fingerprint density at radius 2 is 1.91 bits per heavy atom. The van der Waals surface area contributed by atoms with E-state index in [2.05, 4.69) is 19.1 Å². The summed E-state index contributed by atoms with van der Waals surface area (Å²) in [7, 11) is 0. The van der Waals surface area contributed by atoms with E-state index in [0.29, 0.717) is 35.6 Å². The quantitative estimate of drug-likeness (QED) is 0.383. The molecule has 0 unspecified atom stereocenters. The maximum absolute atomic E-state index is 13.1. The van der Waals surface area contributed by atoms with Crippen molar-refractivity contribution in [3.8, 4) is 0 Å². The molecule has 2 aliphatic rings. The van der Waals surface area contributed by atoms with Crippen LogP contribution in [0.1, 0.15) is 54.4 Å². The van der Waals surface area contributed by atoms with Crippen molar-refractivity contribution in [3.05, 3.63) is 86.5 Å². The molecular weight excluding hydrogens is 470 g/mol. The highest BCUT2D eigenvalue weighted by atomic mass is 35.5. The number of ether oxygens (including phenoxy) is 2. The molecule has 0 aromatic heterocycles. The molecule has 1 heterocycles. The van der Waals surface area contributed by atoms with Crippen LogP contribution in [0.15, 0.2) is 64.1 Å². The fourth-order valence-electron chi connectivity index (χ4n) is 4.55. The van der Waals surface area contributed by atoms with Gasteiger partial charge in [-0.2, -0.15) is 0 Å². The van der Waals surface area contributed by atoms with Gasteiger partial charge in [0.25, 0.3) is 0 Å². The number of ketones is 1. The van der Waals surface area contributed by atoms with Gasteiger partial charge in [-0.25, -0.2) is 4.79 Å². The number of rotatable bonds is 6. The number of aryl methyl sites for hydroxylation is 2. The third-order valence-electron chi connectivity index (χ3n) is 6.22. The van der Waals surface area contributed by atoms with Gasteiger partial charge in [-0.1, -0.05) is 23.7 Å². The second-order valence-corrected chi connectivity index (χ2v) is 10.0. The zero-order chi connectivity index (χ0) is 24.4. The van der Waals surface area contributed by atoms with Crippen molar-refractivity contribution >= 4 is 35.1 Å². The fourth-order valence-corrected chi connectivity index (χ4v) is 5.64. The van der Waals surface area contributed by atoms with E-state index in [1.54, 1.807) is 18.7 Å². The molecule has 1 atom stereocenters. The second kappa shape index (κ2) is 10.3. The topological polar surface area (TPSA) is 78.6 Å². The Morgan fingerprint density at radius 1 is 1.18 bits per heavy atom. The minimum atomic E-state index is -0.601. The fraction of sp³-hybridized carbons (Fsp3) is 0.333. The van der Waals surface area contributed by atoms with Crippen LogP contribution in [0, 0.1) is 13.8 Å². The third kappa shape index (κ3) is 4.89. The molecule has 2 aromatic rings. The molecule has 0 bridgehead atoms. The SMILES string of the molecule is CCOC(=O)C1=C(N)OC2=C(C(=O)CCC2)[C@H]1c1cc(CSc2ccc(Cl)cc2)c(C)cc1C. The number of hydrogen-bond donors (Lipinski definition) is 1. The molecule has 0 spiro atoms. The van der Waals surface area contributed by atoms with Crippen LogP contribution < -0.4 is 5.73 Å². The first-order chi connectivity index (χ1) is 16.3. The molecule has 2 N–H and O–H groups in total. The smallest absolute Gasteiger partial charge is 0.340 e. The van der Waals surface area contributed by atoms with E-state index in [-0.39, 0.29) is 23.8 Å². The molecule has 2 aromatic carbocycles. The zero-order valence-electron chi connectivity index (χ0n) is 19.6. The maximum atomic E-state index is 13.1. The van der Waals surface area contributed by atoms with Crippen LogP contribution in [0.25, 0.3) is 0 Å². The number of carbonyl (C=O) groups excluding carboxylic acids is 2. The number of carbonyl (C=O) groups is 2. The first-order valence-corrected chi connectivity index (χ1v) is 12.8. The molecule has 0 fully saturated rings. The van der Waals surface area contributed by atoms with Gasteiger partial charge in [0.1, 0.15) is 11.3 Å². The number of allylic oxidation sites excluding steroid dienone is 2. The van der Waals surface area contributed by atoms with Crippen molar-refractivity contribution in [2.24, 2.45) is 5.73 Å². The van der Waals surface area contributed by atoms with E-state index in [9.17, 15) is 9.59 Å². The van der Waals surface area contributed by atoms with E-state index in [0.717, 1.165) is 32.9 Å². The maximum Gasteiger partial charge on any atom is 0.340 e. The van der Waals surface area contributed by atoms with Crippen molar-refractivity contribution < 1.29 is 19.1 Å². The summed E-state index contributed by atoms with van der Waals surface area (Å²) >= 11 is 7.72. The Kier molecular flexibility index (Phi) is 7.39. The number of benzene rings is 2. The molecule has 0 radical (unpaired) electrons. The molecule has 1 aliphatic carbocycles. The van der Waals surface area contributed by atoms with Gasteiger partial charge in [-0.3, -0.25) is 4.79 Å². The summed E-state index contributed by atoms with van der Waals surface area (Å²) < 4.78 is 11.1. The summed E-state index contributed by atoms with van der Waals surface area (Å²) in [6.07, 6.45) is 1.76. The van der Waals surface area contributed by atoms with Crippen LogP contribution in [0.3, 0.4) is 0 Å². The van der Waals surface area contributed by atoms with Gasteiger partial charge in [0.05, 0.1) is 12.5 Å². The summed E-state index contributed by atoms with van der Waals surface area (Å²) in [5.74, 6) is 0.176. The first-order valence-electron chi connectivity index (χ1n) is 11.4. The predicted molar refractivity (Wildman–Crippen MR) is 134 cm³/mol. The minimum Gasteiger partial charge on any atom is -0.462 e. The highest BCUT2D eigenvalue weighted by Gasteiger charge is 2.41. The van der Waals surface area contributed by atoms with Crippen LogP contribution in [0.4, 0.5) is 0 Å². The molecule has 178 valence electrons. The average Bonchev–Trinajstić information content (AvgIpc) is 2.79. The van der Waals surface area contributed by atoms with Crippen molar-refractivity contribution in [2.45, 2.75) is 56.6 Å². The average molecular weight is 498 g/mol. The highest BCUT2D eigenvalue weighted by Crippen LogP contribution is 2.45. The highest BCUT2D eigenvalue weighted by molar-refractivity contribution is 7.98. The summed E-state index contributed by atoms with van der Waals surface area (Å²) in [6.45, 7) is 6.02. The molecular formula is C27H28ClNO4S. The number of Topliss-reactive ketones (excluding diaryl/α,β-unsaturated/α-hetero) is 1. The number of esters is 1. The van der Waals surface area contributed by atoms with Gasteiger partial charge in [0, 0.05) is 34.1 Å². The van der Waals surface area contributed by atoms with E-state index >= 15 is 0 Å². The Morgan fingerprint density at radius 3 is 2.62 bits per heavy atom. The molecule has 0 amide bonds. The zero-order valence-corrected chi connectivity index (χ0v) is 21.1. The number of hydrogen-bond acceptors (Lipinski definition) is 6. The number of thioether (sulfide) groups is 1. The van der Waals surface area contributed by atoms with Gasteiger partial charge >= 0.3 is 5.97 Å². The Balaban J connectivity index is 1.78. The lowest BCUT2D eigenvalue weighted by molar-refractivity contribution is -0.139. The first kappa shape index (κ1) is 24.4. The van der Waals surface area contributed by atoms with Gasteiger partial charge in [0.15, 0.2) is 5.78 Å². The summed E-state index contributed by atoms with van der Waals surface area (Å²) in [5.41, 5.74) is 11.1. The second-order valence-electron chi connectivity index (χ2n) is 8.52. The lowest BCUT2D eigenvalue weighted by Crippen LogP contribution is -2.32. The largest absolute Gasteiger partial charge is 0.462 e. The van der Waals surface area contributed by atoms with Crippen LogP contribution in [0.2, 0.25) is 5.02 Å². The third-order valence-corrected chi connectivity index (χ3v) is 7.54. The Labute approximate surface area is 209 Å². The summed E-state index contributed by atoms with van der Waals surface area (Å²) in [4.78, 5) is 27.2. The van der Waals surface area contributed by atoms with Gasteiger partial charge in [-0.05, 0) is 73.7 Å². The predicted octanol–water partition coefficient (Wildman–Crippen LogP) is 6.10. The van der Waals surface area contributed by atoms with Crippen molar-refractivity contribution in [1.29, 1.82) is 0 Å². The van der Waals surface area contributed by atoms with Crippen molar-refractivity contribution in [1.82, 2.24) is 0 Å². The van der Waals surface area contributed by atoms with Crippen LogP contribution >= 0.6 is 23.4 Å². The summed E-state index contributed by atoms with van der Waals surface area (Å²) in [6, 6.07) is 12.0. The molecule has 7 heteroatoms. The van der Waals surface area contributed by atoms with Gasteiger partial charge in [-0.15, -0.1) is 11.8 Å². The Hall–Kier alpha value is -2.70. The van der Waals surface area contributed by atoms with E-state index in [4.69, 9.17) is 26.8 Å². The van der Waals surface area contributed by atoms with Crippen LogP contribution in [-0.4, -0.2) is 18.4 Å². The van der Waals surface area contributed by atoms with Crippen LogP contribution in [-0.2, 0) is 24.8 Å². The Bertz CT molecular complexity index is 1200. The number of nitrogens with two attached hydrogens (primary N) is 1. The molecule has 0 saturated heterocycles. The van der Waals surface area contributed by atoms with Crippen molar-refractivity contribution in [3.63, 3.8) is 0 Å². The molecule has 0 saturated carbocycles. The lowest BCUT2D eigenvalue weighted by Gasteiger charge is -2.33. The molecule has 34 heavy (non-hydrogen) atoms. The van der Waals surface area contributed by atoms with Gasteiger partial charge in [0.2, 0.25) is 5.88 Å². The minimum absolute atomic E-state index is 0.00221.